The first-order valence-corrected chi connectivity index (χ1v) is 6.34. The van der Waals surface area contributed by atoms with Crippen molar-refractivity contribution in [1.82, 2.24) is 5.32 Å². The third-order valence-corrected chi connectivity index (χ3v) is 4.45. The number of aliphatic hydroxyl groups excluding tert-OH is 1. The SMILES string of the molecule is O=[N+]([O-])c1ccc(S(=O)[C@H]2CNC[C@@H]2O)cc1. The average Bonchev–Trinajstić information content (AvgIpc) is 2.74. The Hall–Kier alpha value is -1.31. The number of benzene rings is 1. The largest absolute Gasteiger partial charge is 0.390 e. The summed E-state index contributed by atoms with van der Waals surface area (Å²) < 4.78 is 12.1. The molecule has 1 fully saturated rings. The van der Waals surface area contributed by atoms with Gasteiger partial charge < -0.3 is 10.4 Å². The van der Waals surface area contributed by atoms with Crippen LogP contribution in [0.3, 0.4) is 0 Å². The second-order valence-corrected chi connectivity index (χ2v) is 5.48. The summed E-state index contributed by atoms with van der Waals surface area (Å²) in [4.78, 5) is 10.5. The standard InChI is InChI=1S/C10H12N2O4S/c13-9-5-11-6-10(9)17(16)8-3-1-7(2-4-8)12(14)15/h1-4,9-11,13H,5-6H2/t9-,10-,17?/m0/s1. The molecule has 7 heteroatoms. The van der Waals surface area contributed by atoms with Gasteiger partial charge in [0.05, 0.1) is 27.1 Å². The number of hydrogen-bond acceptors (Lipinski definition) is 5. The van der Waals surface area contributed by atoms with Gasteiger partial charge >= 0.3 is 0 Å². The van der Waals surface area contributed by atoms with Crippen molar-refractivity contribution in [1.29, 1.82) is 0 Å². The zero-order valence-electron chi connectivity index (χ0n) is 8.91. The van der Waals surface area contributed by atoms with Gasteiger partial charge in [0.1, 0.15) is 0 Å². The van der Waals surface area contributed by atoms with Gasteiger partial charge in [-0.1, -0.05) is 0 Å². The van der Waals surface area contributed by atoms with Gasteiger partial charge in [0.25, 0.3) is 5.69 Å². The lowest BCUT2D eigenvalue weighted by Gasteiger charge is -2.12. The van der Waals surface area contributed by atoms with Crippen LogP contribution in [0.5, 0.6) is 0 Å². The highest BCUT2D eigenvalue weighted by atomic mass is 32.2. The van der Waals surface area contributed by atoms with Crippen LogP contribution in [0.1, 0.15) is 0 Å². The molecular formula is C10H12N2O4S. The molecule has 0 aromatic heterocycles. The van der Waals surface area contributed by atoms with Crippen LogP contribution in [0.25, 0.3) is 0 Å². The fourth-order valence-corrected chi connectivity index (χ4v) is 3.14. The highest BCUT2D eigenvalue weighted by Crippen LogP contribution is 2.19. The molecule has 0 bridgehead atoms. The van der Waals surface area contributed by atoms with E-state index >= 15 is 0 Å². The number of non-ortho nitro benzene ring substituents is 1. The predicted octanol–water partition coefficient (Wildman–Crippen LogP) is 0.0351. The van der Waals surface area contributed by atoms with Gasteiger partial charge in [-0.05, 0) is 12.1 Å². The summed E-state index contributed by atoms with van der Waals surface area (Å²) in [6.45, 7) is 0.925. The van der Waals surface area contributed by atoms with E-state index in [-0.39, 0.29) is 10.9 Å². The van der Waals surface area contributed by atoms with Crippen molar-refractivity contribution in [2.45, 2.75) is 16.2 Å². The Morgan fingerprint density at radius 3 is 2.47 bits per heavy atom. The highest BCUT2D eigenvalue weighted by molar-refractivity contribution is 7.85. The lowest BCUT2D eigenvalue weighted by Crippen LogP contribution is -2.28. The van der Waals surface area contributed by atoms with Crippen LogP contribution in [0, 0.1) is 10.1 Å². The Bertz CT molecular complexity index is 448. The number of nitrogens with one attached hydrogen (secondary N) is 1. The molecule has 0 saturated carbocycles. The molecule has 2 N–H and O–H groups in total. The molecule has 0 radical (unpaired) electrons. The first kappa shape index (κ1) is 12.2. The summed E-state index contributed by atoms with van der Waals surface area (Å²) in [6, 6.07) is 5.59. The fourth-order valence-electron chi connectivity index (χ4n) is 1.74. The van der Waals surface area contributed by atoms with Crippen LogP contribution in [0.4, 0.5) is 5.69 Å². The maximum Gasteiger partial charge on any atom is 0.269 e. The van der Waals surface area contributed by atoms with E-state index in [9.17, 15) is 19.4 Å². The lowest BCUT2D eigenvalue weighted by atomic mass is 10.3. The van der Waals surface area contributed by atoms with E-state index in [1.807, 2.05) is 0 Å². The molecule has 0 aliphatic carbocycles. The van der Waals surface area contributed by atoms with Crippen LogP contribution in [-0.4, -0.2) is 38.7 Å². The molecular weight excluding hydrogens is 244 g/mol. The fraction of sp³-hybridized carbons (Fsp3) is 0.400. The second kappa shape index (κ2) is 4.91. The van der Waals surface area contributed by atoms with E-state index in [0.717, 1.165) is 0 Å². The molecule has 1 aromatic carbocycles. The summed E-state index contributed by atoms with van der Waals surface area (Å²) in [6.07, 6.45) is -0.633. The summed E-state index contributed by atoms with van der Waals surface area (Å²) in [5.74, 6) is 0. The molecule has 6 nitrogen and oxygen atoms in total. The van der Waals surface area contributed by atoms with Crippen LogP contribution in [0.15, 0.2) is 29.2 Å². The van der Waals surface area contributed by atoms with Gasteiger partial charge in [0.15, 0.2) is 0 Å². The Morgan fingerprint density at radius 2 is 2.00 bits per heavy atom. The topological polar surface area (TPSA) is 92.5 Å². The summed E-state index contributed by atoms with van der Waals surface area (Å²) in [5, 5.41) is 22.7. The molecule has 3 atom stereocenters. The van der Waals surface area contributed by atoms with Gasteiger partial charge in [-0.15, -0.1) is 0 Å². The number of nitro groups is 1. The molecule has 0 amide bonds. The number of hydrogen-bond donors (Lipinski definition) is 2. The van der Waals surface area contributed by atoms with E-state index in [1.54, 1.807) is 0 Å². The molecule has 0 spiro atoms. The number of nitrogens with zero attached hydrogens (tertiary/aromatic N) is 1. The van der Waals surface area contributed by atoms with E-state index < -0.39 is 21.8 Å². The van der Waals surface area contributed by atoms with Crippen LogP contribution < -0.4 is 5.32 Å². The minimum atomic E-state index is -1.35. The van der Waals surface area contributed by atoms with E-state index in [0.29, 0.717) is 18.0 Å². The summed E-state index contributed by atoms with van der Waals surface area (Å²) in [5.41, 5.74) is -0.0316. The van der Waals surface area contributed by atoms with Gasteiger partial charge in [-0.2, -0.15) is 0 Å². The molecule has 17 heavy (non-hydrogen) atoms. The normalized spacial score (nSPS) is 25.7. The van der Waals surface area contributed by atoms with Crippen molar-refractivity contribution in [3.63, 3.8) is 0 Å². The first-order chi connectivity index (χ1) is 8.09. The molecule has 1 aromatic rings. The minimum absolute atomic E-state index is 0.0316. The maximum atomic E-state index is 12.1. The van der Waals surface area contributed by atoms with Gasteiger partial charge in [0.2, 0.25) is 0 Å². The molecule has 2 rings (SSSR count). The molecule has 1 heterocycles. The highest BCUT2D eigenvalue weighted by Gasteiger charge is 2.31. The quantitative estimate of drug-likeness (QED) is 0.588. The first-order valence-electron chi connectivity index (χ1n) is 5.13. The second-order valence-electron chi connectivity index (χ2n) is 3.81. The van der Waals surface area contributed by atoms with Crippen molar-refractivity contribution in [2.24, 2.45) is 0 Å². The lowest BCUT2D eigenvalue weighted by molar-refractivity contribution is -0.384. The van der Waals surface area contributed by atoms with Gasteiger partial charge in [-0.25, -0.2) is 0 Å². The zero-order valence-corrected chi connectivity index (χ0v) is 9.72. The van der Waals surface area contributed by atoms with E-state index in [2.05, 4.69) is 5.32 Å². The number of aliphatic hydroxyl groups is 1. The van der Waals surface area contributed by atoms with E-state index in [1.165, 1.54) is 24.3 Å². The van der Waals surface area contributed by atoms with Crippen LogP contribution in [0.2, 0.25) is 0 Å². The Labute approximate surface area is 100 Å². The van der Waals surface area contributed by atoms with E-state index in [4.69, 9.17) is 0 Å². The van der Waals surface area contributed by atoms with Crippen molar-refractivity contribution in [3.8, 4) is 0 Å². The van der Waals surface area contributed by atoms with Crippen molar-refractivity contribution in [3.05, 3.63) is 34.4 Å². The predicted molar refractivity (Wildman–Crippen MR) is 62.2 cm³/mol. The summed E-state index contributed by atoms with van der Waals surface area (Å²) >= 11 is 0. The minimum Gasteiger partial charge on any atom is -0.390 e. The van der Waals surface area contributed by atoms with Crippen molar-refractivity contribution >= 4 is 16.5 Å². The van der Waals surface area contributed by atoms with Gasteiger partial charge in [-0.3, -0.25) is 14.3 Å². The molecule has 1 saturated heterocycles. The third kappa shape index (κ3) is 2.51. The smallest absolute Gasteiger partial charge is 0.269 e. The maximum absolute atomic E-state index is 12.1. The number of rotatable bonds is 3. The number of β-amino-alcohol motifs (C(OH)–C–C–N with tert-alkyl or cyclic N) is 1. The summed E-state index contributed by atoms with van der Waals surface area (Å²) in [7, 11) is -1.35. The Kier molecular flexibility index (Phi) is 3.51. The van der Waals surface area contributed by atoms with Crippen LogP contribution in [-0.2, 0) is 10.8 Å². The molecule has 1 aliphatic heterocycles. The number of nitro benzene ring substituents is 1. The Balaban J connectivity index is 2.17. The third-order valence-electron chi connectivity index (χ3n) is 2.68. The molecule has 1 unspecified atom stereocenters. The van der Waals surface area contributed by atoms with Crippen LogP contribution >= 0.6 is 0 Å². The molecule has 1 aliphatic rings. The molecule has 92 valence electrons. The van der Waals surface area contributed by atoms with Crippen molar-refractivity contribution < 1.29 is 14.2 Å². The van der Waals surface area contributed by atoms with Crippen molar-refractivity contribution in [2.75, 3.05) is 13.1 Å². The Morgan fingerprint density at radius 1 is 1.35 bits per heavy atom. The average molecular weight is 256 g/mol. The zero-order chi connectivity index (χ0) is 12.4. The monoisotopic (exact) mass is 256 g/mol. The van der Waals surface area contributed by atoms with Gasteiger partial charge in [0, 0.05) is 30.1 Å².